The van der Waals surface area contributed by atoms with Crippen molar-refractivity contribution in [2.75, 3.05) is 68.5 Å². The number of imide groups is 1. The van der Waals surface area contributed by atoms with E-state index < -0.39 is 11.9 Å². The normalized spacial score (nSPS) is 19.6. The van der Waals surface area contributed by atoms with Crippen LogP contribution in [-0.2, 0) is 16.1 Å². The van der Waals surface area contributed by atoms with E-state index in [4.69, 9.17) is 26.5 Å². The van der Waals surface area contributed by atoms with Crippen LogP contribution in [0.3, 0.4) is 0 Å². The smallest absolute Gasteiger partial charge is 0.255 e. The van der Waals surface area contributed by atoms with E-state index in [0.717, 1.165) is 81.2 Å². The van der Waals surface area contributed by atoms with Gasteiger partial charge < -0.3 is 29.6 Å². The van der Waals surface area contributed by atoms with E-state index in [1.165, 1.54) is 0 Å². The van der Waals surface area contributed by atoms with Gasteiger partial charge in [0, 0.05) is 80.8 Å². The number of piperidine rings is 2. The van der Waals surface area contributed by atoms with Gasteiger partial charge in [-0.1, -0.05) is 29.8 Å². The summed E-state index contributed by atoms with van der Waals surface area (Å²) in [7, 11) is 1.61. The Morgan fingerprint density at radius 1 is 0.893 bits per heavy atom. The Morgan fingerprint density at radius 3 is 2.38 bits per heavy atom. The first-order valence-electron chi connectivity index (χ1n) is 19.1. The minimum absolute atomic E-state index is 0.159. The zero-order valence-electron chi connectivity index (χ0n) is 31.1. The Balaban J connectivity index is 0.808. The van der Waals surface area contributed by atoms with Crippen molar-refractivity contribution in [3.63, 3.8) is 0 Å². The molecule has 9 rings (SSSR count). The van der Waals surface area contributed by atoms with Crippen LogP contribution in [0.4, 0.5) is 17.2 Å². The Hall–Kier alpha value is -5.66. The predicted octanol–water partition coefficient (Wildman–Crippen LogP) is 5.05. The Kier molecular flexibility index (Phi) is 9.29. The maximum absolute atomic E-state index is 13.6. The molecule has 1 atom stereocenters. The molecule has 3 fully saturated rings. The van der Waals surface area contributed by atoms with E-state index in [1.54, 1.807) is 36.3 Å². The zero-order chi connectivity index (χ0) is 38.7. The predicted molar refractivity (Wildman–Crippen MR) is 215 cm³/mol. The van der Waals surface area contributed by atoms with Crippen LogP contribution in [0, 0.1) is 5.92 Å². The quantitative estimate of drug-likeness (QED) is 0.169. The second-order valence-corrected chi connectivity index (χ2v) is 15.6. The highest BCUT2D eigenvalue weighted by molar-refractivity contribution is 6.35. The average Bonchev–Trinajstić information content (AvgIpc) is 3.53. The van der Waals surface area contributed by atoms with Gasteiger partial charge >= 0.3 is 0 Å². The molecule has 6 heterocycles. The number of nitrogens with one attached hydrogen (secondary N) is 1. The number of fused-ring (bicyclic) bond motifs is 3. The van der Waals surface area contributed by atoms with Gasteiger partial charge in [-0.25, -0.2) is 4.98 Å². The van der Waals surface area contributed by atoms with Crippen LogP contribution in [0.2, 0.25) is 5.02 Å². The number of hydrogen-bond acceptors (Lipinski definition) is 11. The highest BCUT2D eigenvalue weighted by Gasteiger charge is 2.41. The number of nitrogens with zero attached hydrogens (tertiary/aromatic N) is 5. The molecule has 0 radical (unpaired) electrons. The van der Waals surface area contributed by atoms with Crippen molar-refractivity contribution in [2.45, 2.75) is 38.3 Å². The molecule has 3 amide bonds. The van der Waals surface area contributed by atoms with Gasteiger partial charge in [-0.2, -0.15) is 0 Å². The number of rotatable bonds is 7. The Labute approximate surface area is 327 Å². The number of nitrogens with two attached hydrogens (primary N) is 1. The number of nitrogen functional groups attached to an aromatic ring is 1. The summed E-state index contributed by atoms with van der Waals surface area (Å²) in [5.74, 6) is 0.554. The molecule has 0 saturated carbocycles. The second kappa shape index (κ2) is 14.4. The molecule has 3 aromatic carbocycles. The van der Waals surface area contributed by atoms with E-state index in [-0.39, 0.29) is 41.5 Å². The molecule has 0 bridgehead atoms. The van der Waals surface area contributed by atoms with E-state index in [9.17, 15) is 19.2 Å². The number of piperazine rings is 1. The maximum atomic E-state index is 13.6. The summed E-state index contributed by atoms with van der Waals surface area (Å²) >= 11 is 6.33. The van der Waals surface area contributed by atoms with Crippen LogP contribution >= 0.6 is 11.6 Å². The van der Waals surface area contributed by atoms with Crippen LogP contribution in [0.5, 0.6) is 5.75 Å². The minimum atomic E-state index is -0.660. The number of amides is 3. The first-order chi connectivity index (χ1) is 27.1. The van der Waals surface area contributed by atoms with E-state index in [0.29, 0.717) is 50.8 Å². The van der Waals surface area contributed by atoms with E-state index >= 15 is 0 Å². The number of ether oxygens (including phenoxy) is 1. The lowest BCUT2D eigenvalue weighted by molar-refractivity contribution is -0.136. The topological polar surface area (TPSA) is 155 Å². The number of carbonyl (C=O) groups is 3. The molecule has 288 valence electrons. The number of aromatic nitrogens is 1. The standard InChI is InChI=1S/C42H42ClN7O6/c1-55-34-20-27(19-29-30(34)23-50(42(29)54)32-9-10-36(51)46-41(32)53)48-13-11-24(12-14-48)22-47-15-17-49(18-16-47)26-7-5-25(6-8-26)28-21-35(44)45-38-39(52)37-31(43)3-2-4-33(37)56-40(28)38/h2-8,19-21,24,32H,9-18,22-23H2,1H3,(H2,44,45)(H,46,51,53). The Morgan fingerprint density at radius 2 is 1.64 bits per heavy atom. The van der Waals surface area contributed by atoms with Crippen LogP contribution < -0.4 is 31.0 Å². The SMILES string of the molecule is COc1cc(N2CCC(CN3CCN(c4ccc(-c5cc(N)nc6c(=O)c7c(Cl)cccc7oc56)cc4)CC3)CC2)cc2c1CN(C1CCC(=O)NC1=O)C2=O. The van der Waals surface area contributed by atoms with Crippen LogP contribution in [0.15, 0.2) is 69.9 Å². The van der Waals surface area contributed by atoms with Gasteiger partial charge in [0.1, 0.15) is 23.2 Å². The van der Waals surface area contributed by atoms with Gasteiger partial charge in [0.2, 0.25) is 17.2 Å². The van der Waals surface area contributed by atoms with Gasteiger partial charge in [-0.3, -0.25) is 29.4 Å². The van der Waals surface area contributed by atoms with Crippen molar-refractivity contribution in [1.82, 2.24) is 20.1 Å². The molecule has 2 aromatic heterocycles. The van der Waals surface area contributed by atoms with Crippen LogP contribution in [0.1, 0.15) is 41.6 Å². The molecule has 56 heavy (non-hydrogen) atoms. The maximum Gasteiger partial charge on any atom is 0.255 e. The van der Waals surface area contributed by atoms with Crippen LogP contribution in [0.25, 0.3) is 33.2 Å². The van der Waals surface area contributed by atoms with Gasteiger partial charge in [0.05, 0.1) is 29.6 Å². The van der Waals surface area contributed by atoms with Crippen molar-refractivity contribution in [2.24, 2.45) is 5.92 Å². The van der Waals surface area contributed by atoms with Crippen molar-refractivity contribution in [1.29, 1.82) is 0 Å². The third-order valence-corrected chi connectivity index (χ3v) is 12.2. The van der Waals surface area contributed by atoms with Crippen molar-refractivity contribution in [3.8, 4) is 16.9 Å². The average molecular weight is 776 g/mol. The largest absolute Gasteiger partial charge is 0.496 e. The van der Waals surface area contributed by atoms with Crippen molar-refractivity contribution < 1.29 is 23.5 Å². The second-order valence-electron chi connectivity index (χ2n) is 15.2. The molecular formula is C42H42ClN7O6. The molecule has 3 saturated heterocycles. The molecule has 4 aliphatic rings. The fraction of sp³-hybridized carbons (Fsp3) is 0.357. The fourth-order valence-corrected chi connectivity index (χ4v) is 9.07. The molecule has 14 heteroatoms. The van der Waals surface area contributed by atoms with Crippen molar-refractivity contribution >= 4 is 68.6 Å². The number of pyridine rings is 1. The number of hydrogen-bond donors (Lipinski definition) is 2. The Bertz CT molecular complexity index is 2460. The lowest BCUT2D eigenvalue weighted by Crippen LogP contribution is -2.52. The number of carbonyl (C=O) groups excluding carboxylic acids is 3. The first-order valence-corrected chi connectivity index (χ1v) is 19.5. The summed E-state index contributed by atoms with van der Waals surface area (Å²) in [5.41, 5.74) is 11.8. The zero-order valence-corrected chi connectivity index (χ0v) is 31.8. The highest BCUT2D eigenvalue weighted by atomic mass is 35.5. The molecule has 13 nitrogen and oxygen atoms in total. The fourth-order valence-electron chi connectivity index (χ4n) is 8.82. The van der Waals surface area contributed by atoms with Gasteiger partial charge in [-0.05, 0) is 67.1 Å². The molecule has 3 N–H and O–H groups in total. The highest BCUT2D eigenvalue weighted by Crippen LogP contribution is 2.39. The monoisotopic (exact) mass is 775 g/mol. The molecule has 5 aromatic rings. The first kappa shape index (κ1) is 36.0. The minimum Gasteiger partial charge on any atom is -0.496 e. The van der Waals surface area contributed by atoms with E-state index in [2.05, 4.69) is 37.1 Å². The summed E-state index contributed by atoms with van der Waals surface area (Å²) in [5, 5.41) is 2.98. The van der Waals surface area contributed by atoms with Gasteiger partial charge in [-0.15, -0.1) is 0 Å². The lowest BCUT2D eigenvalue weighted by Gasteiger charge is -2.40. The number of halogens is 1. The van der Waals surface area contributed by atoms with Crippen LogP contribution in [-0.4, -0.2) is 91.5 Å². The number of benzene rings is 3. The lowest BCUT2D eigenvalue weighted by atomic mass is 9.95. The summed E-state index contributed by atoms with van der Waals surface area (Å²) in [6.45, 7) is 6.90. The molecule has 1 unspecified atom stereocenters. The molecular weight excluding hydrogens is 734 g/mol. The van der Waals surface area contributed by atoms with E-state index in [1.807, 2.05) is 24.3 Å². The van der Waals surface area contributed by atoms with Gasteiger partial charge in [0.15, 0.2) is 11.1 Å². The summed E-state index contributed by atoms with van der Waals surface area (Å²) in [4.78, 5) is 64.3. The summed E-state index contributed by atoms with van der Waals surface area (Å²) in [6, 6.07) is 18.5. The number of anilines is 3. The summed E-state index contributed by atoms with van der Waals surface area (Å²) in [6.07, 6.45) is 2.65. The van der Waals surface area contributed by atoms with Crippen molar-refractivity contribution in [3.05, 3.63) is 87.0 Å². The van der Waals surface area contributed by atoms with Gasteiger partial charge in [0.25, 0.3) is 5.91 Å². The third-order valence-electron chi connectivity index (χ3n) is 11.9. The molecule has 4 aliphatic heterocycles. The molecule has 0 aliphatic carbocycles. The third kappa shape index (κ3) is 6.48. The summed E-state index contributed by atoms with van der Waals surface area (Å²) < 4.78 is 11.9. The molecule has 0 spiro atoms. The number of methoxy groups -OCH3 is 1.